The van der Waals surface area contributed by atoms with Gasteiger partial charge in [-0.3, -0.25) is 8.37 Å². The van der Waals surface area contributed by atoms with Gasteiger partial charge in [0, 0.05) is 0 Å². The van der Waals surface area contributed by atoms with Crippen LogP contribution < -0.4 is 0 Å². The first-order chi connectivity index (χ1) is 8.83. The van der Waals surface area contributed by atoms with Gasteiger partial charge in [-0.05, 0) is 0 Å². The van der Waals surface area contributed by atoms with E-state index in [-0.39, 0.29) is 26.4 Å². The fourth-order valence-corrected chi connectivity index (χ4v) is 2.16. The normalized spacial score (nSPS) is 11.7. The second-order valence-electron chi connectivity index (χ2n) is 3.07. The topological polar surface area (TPSA) is 96.0 Å². The zero-order chi connectivity index (χ0) is 14.8. The van der Waals surface area contributed by atoms with Crippen molar-refractivity contribution >= 4 is 20.2 Å². The van der Waals surface area contributed by atoms with E-state index >= 15 is 0 Å². The third-order valence-corrected chi connectivity index (χ3v) is 3.89. The van der Waals surface area contributed by atoms with E-state index in [1.807, 2.05) is 11.8 Å². The number of terminal acetylenes is 2. The Morgan fingerprint density at radius 3 is 1.47 bits per heavy atom. The van der Waals surface area contributed by atoms with Crippen molar-refractivity contribution in [2.75, 3.05) is 37.9 Å². The van der Waals surface area contributed by atoms with E-state index in [0.717, 1.165) is 0 Å². The average Bonchev–Trinajstić information content (AvgIpc) is 2.33. The lowest BCUT2D eigenvalue weighted by atomic mass is 10.8. The number of hydrogen-bond donors (Lipinski definition) is 0. The van der Waals surface area contributed by atoms with E-state index in [1.165, 1.54) is 0 Å². The summed E-state index contributed by atoms with van der Waals surface area (Å²) in [6.07, 6.45) is 9.67. The summed E-state index contributed by atoms with van der Waals surface area (Å²) in [6.45, 7) is -1.12. The van der Waals surface area contributed by atoms with Crippen LogP contribution in [0.2, 0.25) is 0 Å². The number of hydrogen-bond acceptors (Lipinski definition) is 7. The molecule has 0 aromatic carbocycles. The Balaban J connectivity index is 3.83. The SMILES string of the molecule is C#CCOS(=O)(=O)CCOCCS(=O)(=O)OCC#C. The number of rotatable bonds is 10. The fraction of sp³-hybridized carbons (Fsp3) is 0.600. The molecule has 108 valence electrons. The molecule has 0 aromatic heterocycles. The van der Waals surface area contributed by atoms with Gasteiger partial charge in [-0.15, -0.1) is 12.8 Å². The van der Waals surface area contributed by atoms with Crippen LogP contribution in [0.4, 0.5) is 0 Å². The van der Waals surface area contributed by atoms with Crippen LogP contribution in [-0.4, -0.2) is 54.8 Å². The molecular formula is C10H14O7S2. The molecule has 0 spiro atoms. The maximum Gasteiger partial charge on any atom is 0.270 e. The molecule has 0 fully saturated rings. The molecule has 0 saturated heterocycles. The van der Waals surface area contributed by atoms with Crippen molar-refractivity contribution in [1.82, 2.24) is 0 Å². The van der Waals surface area contributed by atoms with E-state index in [4.69, 9.17) is 17.6 Å². The molecule has 9 heteroatoms. The molecule has 0 aromatic rings. The van der Waals surface area contributed by atoms with Crippen LogP contribution in [0.25, 0.3) is 0 Å². The van der Waals surface area contributed by atoms with Crippen molar-refractivity contribution in [2.45, 2.75) is 0 Å². The smallest absolute Gasteiger partial charge is 0.270 e. The van der Waals surface area contributed by atoms with Crippen molar-refractivity contribution in [1.29, 1.82) is 0 Å². The Kier molecular flexibility index (Phi) is 8.39. The molecule has 0 heterocycles. The highest BCUT2D eigenvalue weighted by molar-refractivity contribution is 7.87. The highest BCUT2D eigenvalue weighted by Gasteiger charge is 2.12. The van der Waals surface area contributed by atoms with E-state index in [1.54, 1.807) is 0 Å². The van der Waals surface area contributed by atoms with Crippen LogP contribution >= 0.6 is 0 Å². The highest BCUT2D eigenvalue weighted by atomic mass is 32.2. The summed E-state index contributed by atoms with van der Waals surface area (Å²) in [6, 6.07) is 0. The summed E-state index contributed by atoms with van der Waals surface area (Å²) in [5.41, 5.74) is 0. The molecule has 0 aliphatic carbocycles. The van der Waals surface area contributed by atoms with Gasteiger partial charge < -0.3 is 4.74 Å². The summed E-state index contributed by atoms with van der Waals surface area (Å²) < 4.78 is 58.1. The van der Waals surface area contributed by atoms with Crippen LogP contribution in [0.1, 0.15) is 0 Å². The quantitative estimate of drug-likeness (QED) is 0.289. The first kappa shape index (κ1) is 17.9. The first-order valence-corrected chi connectivity index (χ1v) is 8.17. The van der Waals surface area contributed by atoms with Gasteiger partial charge in [0.1, 0.15) is 13.2 Å². The molecule has 0 atom stereocenters. The molecule has 7 nitrogen and oxygen atoms in total. The van der Waals surface area contributed by atoms with Gasteiger partial charge in [0.2, 0.25) is 0 Å². The monoisotopic (exact) mass is 310 g/mol. The van der Waals surface area contributed by atoms with Gasteiger partial charge in [-0.25, -0.2) is 0 Å². The lowest BCUT2D eigenvalue weighted by Gasteiger charge is -2.05. The van der Waals surface area contributed by atoms with E-state index in [2.05, 4.69) is 8.37 Å². The minimum Gasteiger partial charge on any atom is -0.379 e. The molecule has 0 radical (unpaired) electrons. The summed E-state index contributed by atoms with van der Waals surface area (Å²) in [5.74, 6) is 3.19. The molecule has 0 N–H and O–H groups in total. The van der Waals surface area contributed by atoms with Gasteiger partial charge in [-0.2, -0.15) is 16.8 Å². The molecule has 0 saturated carbocycles. The Bertz CT molecular complexity index is 483. The highest BCUT2D eigenvalue weighted by Crippen LogP contribution is 1.95. The van der Waals surface area contributed by atoms with Gasteiger partial charge >= 0.3 is 0 Å². The second-order valence-corrected chi connectivity index (χ2v) is 6.59. The second kappa shape index (κ2) is 8.91. The summed E-state index contributed by atoms with van der Waals surface area (Å²) >= 11 is 0. The molecular weight excluding hydrogens is 296 g/mol. The molecule has 0 aliphatic heterocycles. The summed E-state index contributed by atoms with van der Waals surface area (Å²) in [7, 11) is -7.50. The van der Waals surface area contributed by atoms with Crippen molar-refractivity contribution in [2.24, 2.45) is 0 Å². The molecule has 0 unspecified atom stereocenters. The molecule has 0 aliphatic rings. The Labute approximate surface area is 113 Å². The fourth-order valence-electron chi connectivity index (χ4n) is 0.789. The van der Waals surface area contributed by atoms with Crippen LogP contribution in [0.15, 0.2) is 0 Å². The lowest BCUT2D eigenvalue weighted by molar-refractivity contribution is 0.160. The predicted octanol–water partition coefficient (Wildman–Crippen LogP) is -1.04. The van der Waals surface area contributed by atoms with Crippen LogP contribution in [0.3, 0.4) is 0 Å². The van der Waals surface area contributed by atoms with Gasteiger partial charge in [0.25, 0.3) is 20.2 Å². The predicted molar refractivity (Wildman–Crippen MR) is 68.0 cm³/mol. The maximum absolute atomic E-state index is 11.1. The third kappa shape index (κ3) is 10.5. The van der Waals surface area contributed by atoms with Gasteiger partial charge in [0.05, 0.1) is 24.7 Å². The van der Waals surface area contributed by atoms with Gasteiger partial charge in [0.15, 0.2) is 0 Å². The van der Waals surface area contributed by atoms with E-state index < -0.39 is 31.7 Å². The van der Waals surface area contributed by atoms with Crippen molar-refractivity contribution in [3.8, 4) is 24.7 Å². The van der Waals surface area contributed by atoms with Crippen LogP contribution in [-0.2, 0) is 33.3 Å². The van der Waals surface area contributed by atoms with Crippen molar-refractivity contribution < 1.29 is 29.9 Å². The summed E-state index contributed by atoms with van der Waals surface area (Å²) in [4.78, 5) is 0. The van der Waals surface area contributed by atoms with Crippen molar-refractivity contribution in [3.63, 3.8) is 0 Å². The molecule has 0 rings (SSSR count). The maximum atomic E-state index is 11.1. The summed E-state index contributed by atoms with van der Waals surface area (Å²) in [5, 5.41) is 0. The standard InChI is InChI=1S/C10H14O7S2/c1-3-5-16-18(11,12)9-7-15-8-10-19(13,14)17-6-4-2/h1-2H,5-10H2. The van der Waals surface area contributed by atoms with E-state index in [9.17, 15) is 16.8 Å². The Morgan fingerprint density at radius 1 is 0.789 bits per heavy atom. The van der Waals surface area contributed by atoms with Crippen LogP contribution in [0.5, 0.6) is 0 Å². The molecule has 19 heavy (non-hydrogen) atoms. The van der Waals surface area contributed by atoms with Crippen LogP contribution in [0, 0.1) is 24.7 Å². The largest absolute Gasteiger partial charge is 0.379 e. The number of ether oxygens (including phenoxy) is 1. The van der Waals surface area contributed by atoms with E-state index in [0.29, 0.717) is 0 Å². The zero-order valence-corrected chi connectivity index (χ0v) is 11.7. The lowest BCUT2D eigenvalue weighted by Crippen LogP contribution is -2.19. The Morgan fingerprint density at radius 2 is 1.16 bits per heavy atom. The first-order valence-electron chi connectivity index (χ1n) is 5.02. The molecule has 0 bridgehead atoms. The molecule has 0 amide bonds. The zero-order valence-electron chi connectivity index (χ0n) is 10.1. The minimum absolute atomic E-state index is 0.211. The van der Waals surface area contributed by atoms with Gasteiger partial charge in [-0.1, -0.05) is 11.8 Å². The Hall–Kier alpha value is -1.10. The van der Waals surface area contributed by atoms with Crippen molar-refractivity contribution in [3.05, 3.63) is 0 Å². The minimum atomic E-state index is -3.75. The average molecular weight is 310 g/mol. The third-order valence-electron chi connectivity index (χ3n) is 1.60.